The second-order valence-electron chi connectivity index (χ2n) is 5.50. The van der Waals surface area contributed by atoms with Gasteiger partial charge >= 0.3 is 0 Å². The van der Waals surface area contributed by atoms with Crippen LogP contribution in [-0.2, 0) is 11.2 Å². The maximum absolute atomic E-state index is 12.1. The largest absolute Gasteiger partial charge is 0.493 e. The van der Waals surface area contributed by atoms with Crippen LogP contribution in [0.15, 0.2) is 18.2 Å². The predicted molar refractivity (Wildman–Crippen MR) is 83.7 cm³/mol. The van der Waals surface area contributed by atoms with E-state index in [0.717, 1.165) is 12.0 Å². The molecule has 0 saturated carbocycles. The number of benzene rings is 1. The van der Waals surface area contributed by atoms with Crippen LogP contribution in [0.25, 0.3) is 0 Å². The summed E-state index contributed by atoms with van der Waals surface area (Å²) in [6, 6.07) is 5.51. The predicted octanol–water partition coefficient (Wildman–Crippen LogP) is 1.74. The minimum absolute atomic E-state index is 0.0256. The summed E-state index contributed by atoms with van der Waals surface area (Å²) < 4.78 is 10.4. The Balaban J connectivity index is 2.65. The molecule has 1 unspecified atom stereocenters. The number of hydrogen-bond donors (Lipinski definition) is 2. The zero-order valence-corrected chi connectivity index (χ0v) is 13.3. The molecule has 0 radical (unpaired) electrons. The van der Waals surface area contributed by atoms with E-state index in [0.29, 0.717) is 30.4 Å². The average molecular weight is 294 g/mol. The van der Waals surface area contributed by atoms with E-state index < -0.39 is 0 Å². The van der Waals surface area contributed by atoms with Crippen LogP contribution in [0.3, 0.4) is 0 Å². The molecule has 0 aliphatic carbocycles. The number of hydrogen-bond acceptors (Lipinski definition) is 4. The quantitative estimate of drug-likeness (QED) is 0.766. The Morgan fingerprint density at radius 1 is 1.24 bits per heavy atom. The summed E-state index contributed by atoms with van der Waals surface area (Å²) in [6.45, 7) is 4.68. The zero-order chi connectivity index (χ0) is 15.8. The van der Waals surface area contributed by atoms with E-state index in [-0.39, 0.29) is 11.9 Å². The molecule has 0 bridgehead atoms. The van der Waals surface area contributed by atoms with Crippen molar-refractivity contribution in [2.75, 3.05) is 20.8 Å². The molecule has 1 atom stereocenters. The molecule has 118 valence electrons. The third-order valence-corrected chi connectivity index (χ3v) is 3.22. The van der Waals surface area contributed by atoms with Crippen molar-refractivity contribution in [2.24, 2.45) is 11.7 Å². The van der Waals surface area contributed by atoms with E-state index in [2.05, 4.69) is 19.2 Å². The molecule has 0 aliphatic heterocycles. The van der Waals surface area contributed by atoms with Crippen molar-refractivity contribution >= 4 is 5.91 Å². The lowest BCUT2D eigenvalue weighted by Gasteiger charge is -2.19. The number of amides is 1. The van der Waals surface area contributed by atoms with Crippen LogP contribution in [0.1, 0.15) is 25.8 Å². The number of nitrogens with two attached hydrogens (primary N) is 1. The van der Waals surface area contributed by atoms with Gasteiger partial charge in [-0.3, -0.25) is 4.79 Å². The van der Waals surface area contributed by atoms with Crippen molar-refractivity contribution in [3.63, 3.8) is 0 Å². The second kappa shape index (κ2) is 8.52. The Bertz CT molecular complexity index is 461. The van der Waals surface area contributed by atoms with E-state index in [1.807, 2.05) is 12.1 Å². The molecule has 0 aromatic heterocycles. The van der Waals surface area contributed by atoms with Crippen molar-refractivity contribution in [3.05, 3.63) is 23.8 Å². The Morgan fingerprint density at radius 2 is 1.90 bits per heavy atom. The van der Waals surface area contributed by atoms with Crippen LogP contribution in [0.5, 0.6) is 11.5 Å². The first kappa shape index (κ1) is 17.3. The number of ether oxygens (including phenoxy) is 2. The summed E-state index contributed by atoms with van der Waals surface area (Å²) >= 11 is 0. The van der Waals surface area contributed by atoms with Gasteiger partial charge < -0.3 is 20.5 Å². The third kappa shape index (κ3) is 5.63. The molecule has 5 nitrogen and oxygen atoms in total. The van der Waals surface area contributed by atoms with Gasteiger partial charge in [0, 0.05) is 12.6 Å². The molecule has 3 N–H and O–H groups in total. The Hall–Kier alpha value is -1.75. The van der Waals surface area contributed by atoms with Crippen molar-refractivity contribution < 1.29 is 14.3 Å². The molecule has 1 amide bonds. The SMILES string of the molecule is COc1ccc(CC(=O)NC(CN)CC(C)C)cc1OC. The zero-order valence-electron chi connectivity index (χ0n) is 13.3. The average Bonchev–Trinajstić information content (AvgIpc) is 2.45. The minimum Gasteiger partial charge on any atom is -0.493 e. The number of carbonyl (C=O) groups excluding carboxylic acids is 1. The summed E-state index contributed by atoms with van der Waals surface area (Å²) in [5, 5.41) is 2.98. The second-order valence-corrected chi connectivity index (χ2v) is 5.50. The van der Waals surface area contributed by atoms with Gasteiger partial charge in [0.2, 0.25) is 5.91 Å². The van der Waals surface area contributed by atoms with Crippen molar-refractivity contribution in [2.45, 2.75) is 32.7 Å². The first-order chi connectivity index (χ1) is 9.99. The molecular weight excluding hydrogens is 268 g/mol. The molecule has 0 heterocycles. The van der Waals surface area contributed by atoms with E-state index in [1.54, 1.807) is 20.3 Å². The monoisotopic (exact) mass is 294 g/mol. The van der Waals surface area contributed by atoms with Gasteiger partial charge in [0.25, 0.3) is 0 Å². The Labute approximate surface area is 126 Å². The number of carbonyl (C=O) groups is 1. The summed E-state index contributed by atoms with van der Waals surface area (Å²) in [5.41, 5.74) is 6.58. The number of rotatable bonds is 8. The van der Waals surface area contributed by atoms with Crippen molar-refractivity contribution in [1.29, 1.82) is 0 Å². The van der Waals surface area contributed by atoms with Gasteiger partial charge in [0.05, 0.1) is 20.6 Å². The van der Waals surface area contributed by atoms with E-state index in [9.17, 15) is 4.79 Å². The van der Waals surface area contributed by atoms with Gasteiger partial charge in [-0.15, -0.1) is 0 Å². The first-order valence-electron chi connectivity index (χ1n) is 7.20. The lowest BCUT2D eigenvalue weighted by molar-refractivity contribution is -0.121. The van der Waals surface area contributed by atoms with Gasteiger partial charge in [0.15, 0.2) is 11.5 Å². The normalized spacial score (nSPS) is 12.1. The van der Waals surface area contributed by atoms with E-state index >= 15 is 0 Å². The van der Waals surface area contributed by atoms with Crippen molar-refractivity contribution in [1.82, 2.24) is 5.32 Å². The highest BCUT2D eigenvalue weighted by atomic mass is 16.5. The Kier molecular flexibility index (Phi) is 7.02. The molecule has 0 aliphatic rings. The van der Waals surface area contributed by atoms with E-state index in [4.69, 9.17) is 15.2 Å². The van der Waals surface area contributed by atoms with Gasteiger partial charge in [-0.05, 0) is 30.0 Å². The van der Waals surface area contributed by atoms with Gasteiger partial charge in [0.1, 0.15) is 0 Å². The minimum atomic E-state index is -0.0293. The Morgan fingerprint density at radius 3 is 2.43 bits per heavy atom. The van der Waals surface area contributed by atoms with Crippen LogP contribution in [0, 0.1) is 5.92 Å². The fourth-order valence-electron chi connectivity index (χ4n) is 2.24. The van der Waals surface area contributed by atoms with Crippen LogP contribution in [0.4, 0.5) is 0 Å². The smallest absolute Gasteiger partial charge is 0.224 e. The molecular formula is C16H26N2O3. The lowest BCUT2D eigenvalue weighted by atomic mass is 10.0. The molecule has 0 fully saturated rings. The third-order valence-electron chi connectivity index (χ3n) is 3.22. The molecule has 0 spiro atoms. The maximum Gasteiger partial charge on any atom is 0.224 e. The van der Waals surface area contributed by atoms with E-state index in [1.165, 1.54) is 0 Å². The van der Waals surface area contributed by atoms with Gasteiger partial charge in [-0.2, -0.15) is 0 Å². The molecule has 1 aromatic rings. The molecule has 0 saturated heterocycles. The summed E-state index contributed by atoms with van der Waals surface area (Å²) in [7, 11) is 3.16. The highest BCUT2D eigenvalue weighted by molar-refractivity contribution is 5.79. The fourth-order valence-corrected chi connectivity index (χ4v) is 2.24. The molecule has 1 aromatic carbocycles. The van der Waals surface area contributed by atoms with Gasteiger partial charge in [-0.1, -0.05) is 19.9 Å². The molecule has 5 heteroatoms. The van der Waals surface area contributed by atoms with Crippen LogP contribution >= 0.6 is 0 Å². The highest BCUT2D eigenvalue weighted by Crippen LogP contribution is 2.27. The van der Waals surface area contributed by atoms with Crippen LogP contribution in [-0.4, -0.2) is 32.7 Å². The summed E-state index contributed by atoms with van der Waals surface area (Å²) in [5.74, 6) is 1.75. The number of methoxy groups -OCH3 is 2. The van der Waals surface area contributed by atoms with Crippen LogP contribution in [0.2, 0.25) is 0 Å². The fraction of sp³-hybridized carbons (Fsp3) is 0.562. The van der Waals surface area contributed by atoms with Gasteiger partial charge in [-0.25, -0.2) is 0 Å². The highest BCUT2D eigenvalue weighted by Gasteiger charge is 2.13. The molecule has 1 rings (SSSR count). The lowest BCUT2D eigenvalue weighted by Crippen LogP contribution is -2.41. The first-order valence-corrected chi connectivity index (χ1v) is 7.20. The summed E-state index contributed by atoms with van der Waals surface area (Å²) in [6.07, 6.45) is 1.18. The maximum atomic E-state index is 12.1. The standard InChI is InChI=1S/C16H26N2O3/c1-11(2)7-13(10-17)18-16(19)9-12-5-6-14(20-3)15(8-12)21-4/h5-6,8,11,13H,7,9-10,17H2,1-4H3,(H,18,19). The molecule has 21 heavy (non-hydrogen) atoms. The number of nitrogens with one attached hydrogen (secondary N) is 1. The van der Waals surface area contributed by atoms with Crippen molar-refractivity contribution in [3.8, 4) is 11.5 Å². The topological polar surface area (TPSA) is 73.6 Å². The summed E-state index contributed by atoms with van der Waals surface area (Å²) in [4.78, 5) is 12.1. The van der Waals surface area contributed by atoms with Crippen LogP contribution < -0.4 is 20.5 Å².